The Labute approximate surface area is 105 Å². The van der Waals surface area contributed by atoms with Crippen molar-refractivity contribution in [2.24, 2.45) is 0 Å². The van der Waals surface area contributed by atoms with Crippen LogP contribution in [-0.2, 0) is 0 Å². The molecular weight excluding hydrogens is 270 g/mol. The first-order valence-corrected chi connectivity index (χ1v) is 6.19. The van der Waals surface area contributed by atoms with E-state index in [1.54, 1.807) is 6.07 Å². The summed E-state index contributed by atoms with van der Waals surface area (Å²) in [6.07, 6.45) is 0.710. The molecule has 0 aliphatic carbocycles. The third-order valence-corrected chi connectivity index (χ3v) is 3.05. The Kier molecular flexibility index (Phi) is 5.25. The average Bonchev–Trinajstić information content (AvgIpc) is 2.17. The highest BCUT2D eigenvalue weighted by atomic mass is 79.9. The molecule has 0 saturated heterocycles. The zero-order chi connectivity index (χ0) is 12.1. The topological polar surface area (TPSA) is 52.5 Å². The number of halogens is 1. The van der Waals surface area contributed by atoms with Crippen molar-refractivity contribution >= 4 is 15.9 Å². The van der Waals surface area contributed by atoms with Crippen LogP contribution in [-0.4, -0.2) is 22.9 Å². The Balaban J connectivity index is 2.69. The predicted octanol–water partition coefficient (Wildman–Crippen LogP) is 2.58. The van der Waals surface area contributed by atoms with Gasteiger partial charge in [0.05, 0.1) is 0 Å². The zero-order valence-corrected chi connectivity index (χ0v) is 11.2. The first-order chi connectivity index (χ1) is 7.54. The molecule has 1 unspecified atom stereocenters. The zero-order valence-electron chi connectivity index (χ0n) is 9.57. The first-order valence-electron chi connectivity index (χ1n) is 5.40. The summed E-state index contributed by atoms with van der Waals surface area (Å²) < 4.78 is 0.865. The van der Waals surface area contributed by atoms with Crippen LogP contribution in [0.4, 0.5) is 0 Å². The second-order valence-electron chi connectivity index (χ2n) is 4.00. The molecule has 0 saturated carbocycles. The average molecular weight is 288 g/mol. The molecule has 1 aromatic rings. The van der Waals surface area contributed by atoms with Gasteiger partial charge in [-0.25, -0.2) is 0 Å². The fourth-order valence-electron chi connectivity index (χ4n) is 1.68. The van der Waals surface area contributed by atoms with Gasteiger partial charge in [0.15, 0.2) is 0 Å². The van der Waals surface area contributed by atoms with Gasteiger partial charge in [-0.1, -0.05) is 22.0 Å². The van der Waals surface area contributed by atoms with Gasteiger partial charge in [0.25, 0.3) is 0 Å². The van der Waals surface area contributed by atoms with E-state index < -0.39 is 0 Å². The number of rotatable bonds is 5. The van der Waals surface area contributed by atoms with Crippen LogP contribution in [0.5, 0.6) is 5.75 Å². The maximum Gasteiger partial charge on any atom is 0.121 e. The molecule has 0 aromatic heterocycles. The summed E-state index contributed by atoms with van der Waals surface area (Å²) in [5.74, 6) is 0.283. The van der Waals surface area contributed by atoms with E-state index in [1.807, 2.05) is 26.0 Å². The van der Waals surface area contributed by atoms with Crippen LogP contribution in [0.15, 0.2) is 22.7 Å². The lowest BCUT2D eigenvalue weighted by molar-refractivity contribution is 0.264. The minimum atomic E-state index is 0.0645. The summed E-state index contributed by atoms with van der Waals surface area (Å²) >= 11 is 3.31. The number of phenols is 1. The molecule has 3 nitrogen and oxygen atoms in total. The van der Waals surface area contributed by atoms with E-state index in [1.165, 1.54) is 0 Å². The van der Waals surface area contributed by atoms with Crippen LogP contribution < -0.4 is 5.32 Å². The summed E-state index contributed by atoms with van der Waals surface area (Å²) in [5.41, 5.74) is 0.869. The summed E-state index contributed by atoms with van der Waals surface area (Å²) in [6.45, 7) is 4.19. The van der Waals surface area contributed by atoms with Gasteiger partial charge in [-0.05, 0) is 32.4 Å². The lowest BCUT2D eigenvalue weighted by Gasteiger charge is -2.20. The summed E-state index contributed by atoms with van der Waals surface area (Å²) in [6, 6.07) is 5.77. The van der Waals surface area contributed by atoms with Gasteiger partial charge in [0, 0.05) is 28.7 Å². The third kappa shape index (κ3) is 3.77. The van der Waals surface area contributed by atoms with Crippen molar-refractivity contribution in [1.29, 1.82) is 0 Å². The second-order valence-corrected chi connectivity index (χ2v) is 4.92. The fourth-order valence-corrected chi connectivity index (χ4v) is 2.03. The van der Waals surface area contributed by atoms with Crippen molar-refractivity contribution in [3.05, 3.63) is 28.2 Å². The number of nitrogens with one attached hydrogen (secondary N) is 1. The van der Waals surface area contributed by atoms with Gasteiger partial charge < -0.3 is 15.5 Å². The van der Waals surface area contributed by atoms with Crippen molar-refractivity contribution in [1.82, 2.24) is 5.32 Å². The second kappa shape index (κ2) is 6.23. The van der Waals surface area contributed by atoms with Crippen molar-refractivity contribution < 1.29 is 10.2 Å². The normalized spacial score (nSPS) is 14.8. The molecule has 0 amide bonds. The standard InChI is InChI=1S/C12H18BrNO2/c1-8(5-6-15)14-9(2)11-4-3-10(13)7-12(11)16/h3-4,7-9,14-16H,5-6H2,1-2H3/t8-,9?/m1/s1. The molecule has 90 valence electrons. The number of phenolic OH excluding ortho intramolecular Hbond substituents is 1. The highest BCUT2D eigenvalue weighted by molar-refractivity contribution is 9.10. The van der Waals surface area contributed by atoms with E-state index >= 15 is 0 Å². The summed E-state index contributed by atoms with van der Waals surface area (Å²) in [4.78, 5) is 0. The number of benzene rings is 1. The minimum absolute atomic E-state index is 0.0645. The van der Waals surface area contributed by atoms with Gasteiger partial charge in [0.1, 0.15) is 5.75 Å². The van der Waals surface area contributed by atoms with Gasteiger partial charge in [-0.2, -0.15) is 0 Å². The predicted molar refractivity (Wildman–Crippen MR) is 68.5 cm³/mol. The Morgan fingerprint density at radius 2 is 2.06 bits per heavy atom. The number of aliphatic hydroxyl groups is 1. The molecule has 1 aromatic carbocycles. The molecule has 4 heteroatoms. The molecule has 0 spiro atoms. The first kappa shape index (κ1) is 13.5. The molecule has 16 heavy (non-hydrogen) atoms. The highest BCUT2D eigenvalue weighted by Gasteiger charge is 2.12. The van der Waals surface area contributed by atoms with Crippen molar-refractivity contribution in [3.63, 3.8) is 0 Å². The molecule has 1 rings (SSSR count). The largest absolute Gasteiger partial charge is 0.508 e. The molecule has 0 aliphatic rings. The quantitative estimate of drug-likeness (QED) is 0.780. The molecule has 0 radical (unpaired) electrons. The van der Waals surface area contributed by atoms with E-state index in [2.05, 4.69) is 21.2 Å². The molecule has 0 bridgehead atoms. The smallest absolute Gasteiger partial charge is 0.121 e. The molecular formula is C12H18BrNO2. The molecule has 0 fully saturated rings. The van der Waals surface area contributed by atoms with Crippen LogP contribution in [0.1, 0.15) is 31.9 Å². The van der Waals surface area contributed by atoms with E-state index in [4.69, 9.17) is 5.11 Å². The van der Waals surface area contributed by atoms with E-state index in [0.717, 1.165) is 10.0 Å². The lowest BCUT2D eigenvalue weighted by Crippen LogP contribution is -2.29. The van der Waals surface area contributed by atoms with Crippen molar-refractivity contribution in [2.45, 2.75) is 32.4 Å². The van der Waals surface area contributed by atoms with Crippen LogP contribution in [0, 0.1) is 0 Å². The van der Waals surface area contributed by atoms with E-state index in [-0.39, 0.29) is 24.4 Å². The van der Waals surface area contributed by atoms with Gasteiger partial charge in [0.2, 0.25) is 0 Å². The van der Waals surface area contributed by atoms with Crippen molar-refractivity contribution in [3.8, 4) is 5.75 Å². The SMILES string of the molecule is CC(N[C@H](C)CCO)c1ccc(Br)cc1O. The third-order valence-electron chi connectivity index (χ3n) is 2.56. The Hall–Kier alpha value is -0.580. The molecule has 3 N–H and O–H groups in total. The monoisotopic (exact) mass is 287 g/mol. The van der Waals surface area contributed by atoms with Crippen molar-refractivity contribution in [2.75, 3.05) is 6.61 Å². The number of aromatic hydroxyl groups is 1. The maximum absolute atomic E-state index is 9.79. The van der Waals surface area contributed by atoms with Crippen LogP contribution in [0.25, 0.3) is 0 Å². The van der Waals surface area contributed by atoms with E-state index in [9.17, 15) is 5.11 Å². The van der Waals surface area contributed by atoms with Crippen LogP contribution in [0.2, 0.25) is 0 Å². The van der Waals surface area contributed by atoms with Crippen LogP contribution >= 0.6 is 15.9 Å². The van der Waals surface area contributed by atoms with Crippen LogP contribution in [0.3, 0.4) is 0 Å². The molecule has 2 atom stereocenters. The van der Waals surface area contributed by atoms with Gasteiger partial charge >= 0.3 is 0 Å². The van der Waals surface area contributed by atoms with Gasteiger partial charge in [-0.15, -0.1) is 0 Å². The summed E-state index contributed by atoms with van der Waals surface area (Å²) in [7, 11) is 0. The number of aliphatic hydroxyl groups excluding tert-OH is 1. The Bertz CT molecular complexity index is 344. The Morgan fingerprint density at radius 3 is 2.62 bits per heavy atom. The molecule has 0 heterocycles. The minimum Gasteiger partial charge on any atom is -0.508 e. The Morgan fingerprint density at radius 1 is 1.38 bits per heavy atom. The molecule has 0 aliphatic heterocycles. The highest BCUT2D eigenvalue weighted by Crippen LogP contribution is 2.27. The lowest BCUT2D eigenvalue weighted by atomic mass is 10.1. The number of hydrogen-bond acceptors (Lipinski definition) is 3. The fraction of sp³-hybridized carbons (Fsp3) is 0.500. The van der Waals surface area contributed by atoms with Gasteiger partial charge in [-0.3, -0.25) is 0 Å². The summed E-state index contributed by atoms with van der Waals surface area (Å²) in [5, 5.41) is 21.9. The number of hydrogen-bond donors (Lipinski definition) is 3. The van der Waals surface area contributed by atoms with E-state index in [0.29, 0.717) is 6.42 Å². The maximum atomic E-state index is 9.79.